The van der Waals surface area contributed by atoms with Gasteiger partial charge in [-0.1, -0.05) is 55.0 Å². The summed E-state index contributed by atoms with van der Waals surface area (Å²) in [7, 11) is 0. The van der Waals surface area contributed by atoms with E-state index in [0.29, 0.717) is 5.92 Å². The minimum atomic E-state index is 0.665. The Balaban J connectivity index is 2.29. The second-order valence-electron chi connectivity index (χ2n) is 5.19. The molecule has 1 aliphatic rings. The average Bonchev–Trinajstić information content (AvgIpc) is 2.48. The van der Waals surface area contributed by atoms with Gasteiger partial charge in [0.1, 0.15) is 0 Å². The molecule has 0 N–H and O–H groups in total. The van der Waals surface area contributed by atoms with Gasteiger partial charge in [0.25, 0.3) is 0 Å². The third-order valence-electron chi connectivity index (χ3n) is 3.89. The molecule has 17 heavy (non-hydrogen) atoms. The second-order valence-corrected chi connectivity index (χ2v) is 5.19. The van der Waals surface area contributed by atoms with Crippen LogP contribution in [-0.4, -0.2) is 0 Å². The first-order valence-electron chi connectivity index (χ1n) is 6.44. The van der Waals surface area contributed by atoms with E-state index < -0.39 is 0 Å². The molecular formula is C17H18. The van der Waals surface area contributed by atoms with Gasteiger partial charge in [-0.15, -0.1) is 0 Å². The lowest BCUT2D eigenvalue weighted by molar-refractivity contribution is 0.689. The Morgan fingerprint density at radius 3 is 2.71 bits per heavy atom. The zero-order chi connectivity index (χ0) is 11.8. The SMILES string of the molecule is Cc1ccc2c(c1)-c1ccccc1CCC2C. The molecule has 2 aromatic rings. The van der Waals surface area contributed by atoms with Gasteiger partial charge >= 0.3 is 0 Å². The first-order valence-corrected chi connectivity index (χ1v) is 6.44. The first kappa shape index (κ1) is 10.6. The van der Waals surface area contributed by atoms with E-state index >= 15 is 0 Å². The van der Waals surface area contributed by atoms with Gasteiger partial charge in [-0.3, -0.25) is 0 Å². The van der Waals surface area contributed by atoms with Crippen molar-refractivity contribution in [1.82, 2.24) is 0 Å². The Labute approximate surface area is 103 Å². The maximum absolute atomic E-state index is 2.35. The molecule has 0 amide bonds. The molecule has 1 unspecified atom stereocenters. The quantitative estimate of drug-likeness (QED) is 0.605. The van der Waals surface area contributed by atoms with Gasteiger partial charge in [0, 0.05) is 0 Å². The summed E-state index contributed by atoms with van der Waals surface area (Å²) in [4.78, 5) is 0. The van der Waals surface area contributed by atoms with Gasteiger partial charge < -0.3 is 0 Å². The minimum Gasteiger partial charge on any atom is -0.0620 e. The van der Waals surface area contributed by atoms with Crippen molar-refractivity contribution < 1.29 is 0 Å². The van der Waals surface area contributed by atoms with Crippen molar-refractivity contribution in [3.8, 4) is 11.1 Å². The maximum Gasteiger partial charge on any atom is -0.0144 e. The number of fused-ring (bicyclic) bond motifs is 3. The number of benzene rings is 2. The third kappa shape index (κ3) is 1.78. The molecule has 0 bridgehead atoms. The van der Waals surface area contributed by atoms with Crippen molar-refractivity contribution in [3.63, 3.8) is 0 Å². The Bertz CT molecular complexity index is 552. The predicted octanol–water partition coefficient (Wildman–Crippen LogP) is 4.71. The molecule has 0 aromatic heterocycles. The highest BCUT2D eigenvalue weighted by Gasteiger charge is 2.18. The molecule has 1 atom stereocenters. The highest BCUT2D eigenvalue weighted by molar-refractivity contribution is 5.73. The third-order valence-corrected chi connectivity index (χ3v) is 3.89. The van der Waals surface area contributed by atoms with Gasteiger partial charge in [0.2, 0.25) is 0 Å². The van der Waals surface area contributed by atoms with Crippen LogP contribution in [0.15, 0.2) is 42.5 Å². The zero-order valence-electron chi connectivity index (χ0n) is 10.5. The molecule has 0 heterocycles. The molecule has 3 rings (SSSR count). The molecule has 2 aromatic carbocycles. The summed E-state index contributed by atoms with van der Waals surface area (Å²) in [5, 5.41) is 0. The van der Waals surface area contributed by atoms with Crippen LogP contribution in [-0.2, 0) is 6.42 Å². The lowest BCUT2D eigenvalue weighted by Crippen LogP contribution is -1.94. The number of aryl methyl sites for hydroxylation is 2. The summed E-state index contributed by atoms with van der Waals surface area (Å²) in [6.45, 7) is 4.53. The average molecular weight is 222 g/mol. The van der Waals surface area contributed by atoms with E-state index in [1.165, 1.54) is 40.7 Å². The summed E-state index contributed by atoms with van der Waals surface area (Å²) < 4.78 is 0. The molecule has 0 saturated carbocycles. The Hall–Kier alpha value is -1.56. The summed E-state index contributed by atoms with van der Waals surface area (Å²) in [6, 6.07) is 15.8. The van der Waals surface area contributed by atoms with E-state index in [-0.39, 0.29) is 0 Å². The van der Waals surface area contributed by atoms with Crippen LogP contribution in [0.4, 0.5) is 0 Å². The van der Waals surface area contributed by atoms with Crippen LogP contribution in [0.3, 0.4) is 0 Å². The van der Waals surface area contributed by atoms with E-state index in [4.69, 9.17) is 0 Å². The van der Waals surface area contributed by atoms with E-state index in [1.807, 2.05) is 0 Å². The first-order chi connectivity index (χ1) is 8.25. The lowest BCUT2D eigenvalue weighted by atomic mass is 9.91. The van der Waals surface area contributed by atoms with Crippen molar-refractivity contribution in [2.24, 2.45) is 0 Å². The molecule has 1 aliphatic carbocycles. The standard InChI is InChI=1S/C17H18/c1-12-7-10-15-13(2)8-9-14-5-3-4-6-16(14)17(15)11-12/h3-7,10-11,13H,8-9H2,1-2H3. The Morgan fingerprint density at radius 1 is 1.00 bits per heavy atom. The molecule has 0 saturated heterocycles. The van der Waals surface area contributed by atoms with E-state index in [0.717, 1.165) is 0 Å². The van der Waals surface area contributed by atoms with Crippen LogP contribution in [0, 0.1) is 6.92 Å². The number of hydrogen-bond donors (Lipinski definition) is 0. The van der Waals surface area contributed by atoms with E-state index in [2.05, 4.69) is 56.3 Å². The topological polar surface area (TPSA) is 0 Å². The van der Waals surface area contributed by atoms with Gasteiger partial charge in [-0.2, -0.15) is 0 Å². The predicted molar refractivity (Wildman–Crippen MR) is 73.4 cm³/mol. The van der Waals surface area contributed by atoms with E-state index in [1.54, 1.807) is 0 Å². The van der Waals surface area contributed by atoms with Crippen molar-refractivity contribution in [3.05, 3.63) is 59.2 Å². The number of hydrogen-bond acceptors (Lipinski definition) is 0. The van der Waals surface area contributed by atoms with Crippen LogP contribution in [0.25, 0.3) is 11.1 Å². The maximum atomic E-state index is 2.35. The second kappa shape index (κ2) is 4.03. The molecular weight excluding hydrogens is 204 g/mol. The lowest BCUT2D eigenvalue weighted by Gasteiger charge is -2.13. The van der Waals surface area contributed by atoms with Crippen LogP contribution in [0.1, 0.15) is 36.0 Å². The van der Waals surface area contributed by atoms with Crippen molar-refractivity contribution >= 4 is 0 Å². The van der Waals surface area contributed by atoms with Crippen LogP contribution < -0.4 is 0 Å². The van der Waals surface area contributed by atoms with Gasteiger partial charge in [0.15, 0.2) is 0 Å². The smallest absolute Gasteiger partial charge is 0.0144 e. The van der Waals surface area contributed by atoms with Crippen LogP contribution in [0.5, 0.6) is 0 Å². The highest BCUT2D eigenvalue weighted by Crippen LogP contribution is 2.38. The molecule has 0 heteroatoms. The van der Waals surface area contributed by atoms with Gasteiger partial charge in [-0.25, -0.2) is 0 Å². The number of rotatable bonds is 0. The minimum absolute atomic E-state index is 0.665. The Morgan fingerprint density at radius 2 is 1.82 bits per heavy atom. The molecule has 0 nitrogen and oxygen atoms in total. The van der Waals surface area contributed by atoms with Crippen molar-refractivity contribution in [1.29, 1.82) is 0 Å². The molecule has 86 valence electrons. The molecule has 0 fully saturated rings. The monoisotopic (exact) mass is 222 g/mol. The van der Waals surface area contributed by atoms with Crippen LogP contribution in [0.2, 0.25) is 0 Å². The summed E-state index contributed by atoms with van der Waals surface area (Å²) >= 11 is 0. The van der Waals surface area contributed by atoms with Gasteiger partial charge in [0.05, 0.1) is 0 Å². The van der Waals surface area contributed by atoms with Crippen molar-refractivity contribution in [2.75, 3.05) is 0 Å². The molecule has 0 spiro atoms. The Kier molecular flexibility index (Phi) is 2.51. The summed E-state index contributed by atoms with van der Waals surface area (Å²) in [5.41, 5.74) is 7.26. The van der Waals surface area contributed by atoms with E-state index in [9.17, 15) is 0 Å². The molecule has 0 radical (unpaired) electrons. The zero-order valence-corrected chi connectivity index (χ0v) is 10.5. The fourth-order valence-electron chi connectivity index (χ4n) is 2.86. The fourth-order valence-corrected chi connectivity index (χ4v) is 2.86. The summed E-state index contributed by atoms with van der Waals surface area (Å²) in [5.74, 6) is 0.665. The van der Waals surface area contributed by atoms with Crippen LogP contribution >= 0.6 is 0 Å². The fraction of sp³-hybridized carbons (Fsp3) is 0.294. The normalized spacial score (nSPS) is 18.1. The largest absolute Gasteiger partial charge is 0.0620 e. The summed E-state index contributed by atoms with van der Waals surface area (Å²) in [6.07, 6.45) is 2.46. The molecule has 0 aliphatic heterocycles. The van der Waals surface area contributed by atoms with Crippen molar-refractivity contribution in [2.45, 2.75) is 32.6 Å². The van der Waals surface area contributed by atoms with Gasteiger partial charge in [-0.05, 0) is 47.9 Å². The highest BCUT2D eigenvalue weighted by atomic mass is 14.2.